The lowest BCUT2D eigenvalue weighted by molar-refractivity contribution is 0.170. The molecule has 22 heavy (non-hydrogen) atoms. The second-order valence-corrected chi connectivity index (χ2v) is 6.58. The van der Waals surface area contributed by atoms with Crippen LogP contribution < -0.4 is 9.47 Å². The quantitative estimate of drug-likeness (QED) is 0.908. The number of ether oxygens (including phenoxy) is 2. The van der Waals surface area contributed by atoms with Crippen LogP contribution in [0.3, 0.4) is 0 Å². The summed E-state index contributed by atoms with van der Waals surface area (Å²) in [6, 6.07) is 6.61. The summed E-state index contributed by atoms with van der Waals surface area (Å²) in [7, 11) is 0. The van der Waals surface area contributed by atoms with Crippen molar-refractivity contribution in [3.8, 4) is 11.5 Å². The summed E-state index contributed by atoms with van der Waals surface area (Å²) in [6.07, 6.45) is 4.21. The molecule has 1 fully saturated rings. The zero-order chi connectivity index (χ0) is 14.9. The summed E-state index contributed by atoms with van der Waals surface area (Å²) in [6.45, 7) is 3.23. The maximum absolute atomic E-state index is 5.70. The van der Waals surface area contributed by atoms with Crippen LogP contribution >= 0.6 is 15.9 Å². The van der Waals surface area contributed by atoms with Crippen molar-refractivity contribution in [3.63, 3.8) is 0 Å². The van der Waals surface area contributed by atoms with E-state index in [1.54, 1.807) is 0 Å². The Bertz CT molecular complexity index is 660. The zero-order valence-electron chi connectivity index (χ0n) is 12.2. The molecule has 0 unspecified atom stereocenters. The van der Waals surface area contributed by atoms with Gasteiger partial charge in [0.1, 0.15) is 13.2 Å². The van der Waals surface area contributed by atoms with E-state index in [9.17, 15) is 0 Å². The zero-order valence-corrected chi connectivity index (χ0v) is 13.8. The average Bonchev–Trinajstić information content (AvgIpc) is 3.18. The number of likely N-dealkylation sites (tertiary alicyclic amines) is 1. The molecule has 2 aromatic rings. The first kappa shape index (κ1) is 14.1. The van der Waals surface area contributed by atoms with Crippen LogP contribution in [0.5, 0.6) is 11.5 Å². The van der Waals surface area contributed by atoms with Crippen molar-refractivity contribution in [2.75, 3.05) is 19.8 Å². The Kier molecular flexibility index (Phi) is 3.80. The first-order valence-corrected chi connectivity index (χ1v) is 8.42. The van der Waals surface area contributed by atoms with Gasteiger partial charge in [-0.2, -0.15) is 5.10 Å². The Morgan fingerprint density at radius 1 is 1.27 bits per heavy atom. The maximum Gasteiger partial charge on any atom is 0.162 e. The maximum atomic E-state index is 5.70. The number of benzene rings is 1. The molecule has 0 radical (unpaired) electrons. The van der Waals surface area contributed by atoms with E-state index in [1.807, 2.05) is 12.3 Å². The van der Waals surface area contributed by atoms with Gasteiger partial charge in [0.05, 0.1) is 11.7 Å². The third-order valence-corrected chi connectivity index (χ3v) is 5.07. The molecule has 6 heteroatoms. The Morgan fingerprint density at radius 2 is 2.09 bits per heavy atom. The molecular formula is C16H18BrN3O2. The van der Waals surface area contributed by atoms with Crippen molar-refractivity contribution in [2.45, 2.75) is 25.4 Å². The highest BCUT2D eigenvalue weighted by Gasteiger charge is 2.28. The van der Waals surface area contributed by atoms with Gasteiger partial charge < -0.3 is 9.47 Å². The van der Waals surface area contributed by atoms with Gasteiger partial charge in [0.2, 0.25) is 0 Å². The first-order chi connectivity index (χ1) is 10.8. The van der Waals surface area contributed by atoms with Crippen LogP contribution in [0.2, 0.25) is 0 Å². The number of rotatable bonds is 3. The third-order valence-electron chi connectivity index (χ3n) is 4.33. The molecular weight excluding hydrogens is 346 g/mol. The van der Waals surface area contributed by atoms with Crippen LogP contribution in [0.15, 0.2) is 28.9 Å². The minimum atomic E-state index is 0.419. The van der Waals surface area contributed by atoms with Crippen LogP contribution in [-0.4, -0.2) is 34.9 Å². The van der Waals surface area contributed by atoms with Crippen molar-refractivity contribution >= 4 is 15.9 Å². The fourth-order valence-corrected chi connectivity index (χ4v) is 3.71. The van der Waals surface area contributed by atoms with E-state index < -0.39 is 0 Å². The van der Waals surface area contributed by atoms with Crippen LogP contribution in [-0.2, 0) is 6.54 Å². The highest BCUT2D eigenvalue weighted by atomic mass is 79.9. The van der Waals surface area contributed by atoms with Crippen molar-refractivity contribution in [1.82, 2.24) is 15.1 Å². The average molecular weight is 364 g/mol. The van der Waals surface area contributed by atoms with Gasteiger partial charge in [0, 0.05) is 17.2 Å². The normalized spacial score (nSPS) is 21.2. The molecule has 0 bridgehead atoms. The molecule has 116 valence electrons. The number of hydrogen-bond acceptors (Lipinski definition) is 4. The molecule has 4 rings (SSSR count). The van der Waals surface area contributed by atoms with Gasteiger partial charge in [-0.05, 0) is 43.1 Å². The van der Waals surface area contributed by atoms with E-state index >= 15 is 0 Å². The fourth-order valence-electron chi connectivity index (χ4n) is 3.27. The monoisotopic (exact) mass is 363 g/mol. The van der Waals surface area contributed by atoms with E-state index in [0.717, 1.165) is 29.1 Å². The number of nitrogens with one attached hydrogen (secondary N) is 1. The van der Waals surface area contributed by atoms with Gasteiger partial charge in [-0.1, -0.05) is 15.9 Å². The molecule has 1 saturated heterocycles. The molecule has 0 saturated carbocycles. The van der Waals surface area contributed by atoms with E-state index in [2.05, 4.69) is 43.2 Å². The van der Waals surface area contributed by atoms with Crippen molar-refractivity contribution < 1.29 is 9.47 Å². The summed E-state index contributed by atoms with van der Waals surface area (Å²) in [5.41, 5.74) is 2.43. The number of fused-ring (bicyclic) bond motifs is 1. The second-order valence-electron chi connectivity index (χ2n) is 5.73. The minimum absolute atomic E-state index is 0.419. The van der Waals surface area contributed by atoms with Crippen molar-refractivity contribution in [1.29, 1.82) is 0 Å². The number of aromatic amines is 1. The lowest BCUT2D eigenvalue weighted by atomic mass is 10.1. The SMILES string of the molecule is Brc1cc2c(cc1CN1CCC[C@@H]1c1ccn[nH]1)OCCO2. The van der Waals surface area contributed by atoms with Gasteiger partial charge in [0.15, 0.2) is 11.5 Å². The molecule has 5 nitrogen and oxygen atoms in total. The molecule has 2 aliphatic rings. The van der Waals surface area contributed by atoms with Crippen LogP contribution in [0.1, 0.15) is 30.1 Å². The fraction of sp³-hybridized carbons (Fsp3) is 0.438. The molecule has 0 spiro atoms. The van der Waals surface area contributed by atoms with E-state index in [0.29, 0.717) is 19.3 Å². The Labute approximate surface area is 137 Å². The van der Waals surface area contributed by atoms with Gasteiger partial charge in [0.25, 0.3) is 0 Å². The van der Waals surface area contributed by atoms with Gasteiger partial charge in [-0.15, -0.1) is 0 Å². The van der Waals surface area contributed by atoms with Crippen molar-refractivity contribution in [3.05, 3.63) is 40.1 Å². The summed E-state index contributed by atoms with van der Waals surface area (Å²) in [4.78, 5) is 2.49. The van der Waals surface area contributed by atoms with E-state index in [1.165, 1.54) is 24.1 Å². The van der Waals surface area contributed by atoms with Crippen LogP contribution in [0.25, 0.3) is 0 Å². The Balaban J connectivity index is 1.58. The standard InChI is InChI=1S/C16H18BrN3O2/c17-12-9-16-15(21-6-7-22-16)8-11(12)10-20-5-1-2-14(20)13-3-4-18-19-13/h3-4,8-9,14H,1-2,5-7,10H2,(H,18,19)/t14-/m1/s1. The number of hydrogen-bond donors (Lipinski definition) is 1. The molecule has 0 amide bonds. The molecule has 1 aromatic heterocycles. The minimum Gasteiger partial charge on any atom is -0.486 e. The van der Waals surface area contributed by atoms with Crippen molar-refractivity contribution in [2.24, 2.45) is 0 Å². The Hall–Kier alpha value is -1.53. The van der Waals surface area contributed by atoms with E-state index in [4.69, 9.17) is 9.47 Å². The molecule has 1 atom stereocenters. The second kappa shape index (κ2) is 5.93. The topological polar surface area (TPSA) is 50.4 Å². The van der Waals surface area contributed by atoms with Crippen LogP contribution in [0, 0.1) is 0 Å². The number of aromatic nitrogens is 2. The Morgan fingerprint density at radius 3 is 2.86 bits per heavy atom. The highest BCUT2D eigenvalue weighted by molar-refractivity contribution is 9.10. The third kappa shape index (κ3) is 2.61. The molecule has 2 aliphatic heterocycles. The molecule has 1 N–H and O–H groups in total. The lowest BCUT2D eigenvalue weighted by Gasteiger charge is -2.25. The van der Waals surface area contributed by atoms with Crippen LogP contribution in [0.4, 0.5) is 0 Å². The number of nitrogens with zero attached hydrogens (tertiary/aromatic N) is 2. The largest absolute Gasteiger partial charge is 0.486 e. The first-order valence-electron chi connectivity index (χ1n) is 7.62. The molecule has 0 aliphatic carbocycles. The summed E-state index contributed by atoms with van der Waals surface area (Å²) < 4.78 is 12.4. The predicted molar refractivity (Wildman–Crippen MR) is 86.1 cm³/mol. The summed E-state index contributed by atoms with van der Waals surface area (Å²) >= 11 is 3.67. The lowest BCUT2D eigenvalue weighted by Crippen LogP contribution is -2.23. The smallest absolute Gasteiger partial charge is 0.162 e. The molecule has 3 heterocycles. The van der Waals surface area contributed by atoms with Gasteiger partial charge in [-0.3, -0.25) is 10.00 Å². The highest BCUT2D eigenvalue weighted by Crippen LogP contribution is 2.38. The molecule has 1 aromatic carbocycles. The summed E-state index contributed by atoms with van der Waals surface area (Å²) in [5.74, 6) is 1.68. The predicted octanol–water partition coefficient (Wildman–Crippen LogP) is 3.28. The summed E-state index contributed by atoms with van der Waals surface area (Å²) in [5, 5.41) is 7.20. The van der Waals surface area contributed by atoms with Gasteiger partial charge >= 0.3 is 0 Å². The number of halogens is 1. The van der Waals surface area contributed by atoms with Gasteiger partial charge in [-0.25, -0.2) is 0 Å². The van der Waals surface area contributed by atoms with E-state index in [-0.39, 0.29) is 0 Å². The number of H-pyrrole nitrogens is 1.